The minimum atomic E-state index is -0.0502. The smallest absolute Gasteiger partial charge is 0.260 e. The molecular weight excluding hydrogens is 107 g/mol. The molecule has 0 radical (unpaired) electrons. The van der Waals surface area contributed by atoms with E-state index in [1.54, 1.807) is 0 Å². The molecule has 0 unspecified atom stereocenters. The summed E-state index contributed by atoms with van der Waals surface area (Å²) in [5.41, 5.74) is 0. The van der Waals surface area contributed by atoms with Crippen molar-refractivity contribution in [2.45, 2.75) is 38.9 Å². The van der Waals surface area contributed by atoms with E-state index in [0.717, 1.165) is 0 Å². The molecule has 8 heavy (non-hydrogen) atoms. The molecule has 0 saturated carbocycles. The first-order chi connectivity index (χ1) is 2.94. The average molecular weight is 122 g/mol. The van der Waals surface area contributed by atoms with Crippen LogP contribution in [0.3, 0.4) is 0 Å². The van der Waals surface area contributed by atoms with Crippen LogP contribution in [0.2, 0.25) is 18.1 Å². The zero-order chi connectivity index (χ0) is 6.08. The van der Waals surface area contributed by atoms with Gasteiger partial charge in [0.05, 0.1) is 0 Å². The van der Waals surface area contributed by atoms with Gasteiger partial charge in [-0.2, -0.15) is 18.1 Å². The number of hydrogen-bond acceptors (Lipinski definition) is 0. The van der Waals surface area contributed by atoms with Crippen molar-refractivity contribution in [3.63, 3.8) is 0 Å². The summed E-state index contributed by atoms with van der Waals surface area (Å²) in [5, 5.41) is 0.602. The molecule has 0 aromatic carbocycles. The molecule has 44 valence electrons. The summed E-state index contributed by atoms with van der Waals surface area (Å²) in [6.07, 6.45) is 0. The Kier molecular flexibility index (Phi) is 5.46. The third-order valence-electron chi connectivity index (χ3n) is 1.50. The molecule has 0 bridgehead atoms. The van der Waals surface area contributed by atoms with Crippen LogP contribution in [0.1, 0.15) is 20.8 Å². The Morgan fingerprint density at radius 2 is 1.12 bits per heavy atom. The molecule has 0 saturated heterocycles. The van der Waals surface area contributed by atoms with Crippen molar-refractivity contribution in [2.75, 3.05) is 0 Å². The second-order valence-electron chi connectivity index (χ2n) is 3.25. The zero-order valence-corrected chi connectivity index (χ0v) is 8.00. The maximum Gasteiger partial charge on any atom is 1.00 e. The zero-order valence-electron chi connectivity index (χ0n) is 7.00. The molecule has 0 fully saturated rings. The number of hydrogen-bond donors (Lipinski definition) is 0. The summed E-state index contributed by atoms with van der Waals surface area (Å²) in [5.74, 6) is 0. The Morgan fingerprint density at radius 1 is 1.00 bits per heavy atom. The maximum absolute atomic E-state index is 2.35. The predicted molar refractivity (Wildman–Crippen MR) is 37.2 cm³/mol. The van der Waals surface area contributed by atoms with Gasteiger partial charge < -0.3 is 0 Å². The van der Waals surface area contributed by atoms with Crippen molar-refractivity contribution in [3.05, 3.63) is 0 Å². The van der Waals surface area contributed by atoms with Gasteiger partial charge in [-0.1, -0.05) is 20.8 Å². The molecule has 0 aliphatic heterocycles. The SMILES string of the molecule is C[Si-](C)C(C)(C)C.[Li+]. The minimum absolute atomic E-state index is 0. The molecule has 0 aromatic heterocycles. The second-order valence-corrected chi connectivity index (χ2v) is 6.75. The van der Waals surface area contributed by atoms with Gasteiger partial charge in [0.15, 0.2) is 0 Å². The van der Waals surface area contributed by atoms with Gasteiger partial charge in [-0.15, -0.1) is 0 Å². The molecule has 2 heteroatoms. The fourth-order valence-corrected chi connectivity index (χ4v) is 0. The van der Waals surface area contributed by atoms with E-state index in [0.29, 0.717) is 5.04 Å². The Hall–Kier alpha value is 0.814. The molecule has 0 amide bonds. The molecule has 0 atom stereocenters. The summed E-state index contributed by atoms with van der Waals surface area (Å²) in [7, 11) is -0.0502. The first-order valence-corrected chi connectivity index (χ1v) is 5.25. The third-order valence-corrected chi connectivity index (χ3v) is 4.50. The first-order valence-electron chi connectivity index (χ1n) is 2.75. The minimum Gasteiger partial charge on any atom is -0.260 e. The van der Waals surface area contributed by atoms with Crippen molar-refractivity contribution < 1.29 is 18.9 Å². The van der Waals surface area contributed by atoms with Crippen LogP contribution in [0.25, 0.3) is 0 Å². The Labute approximate surface area is 66.8 Å². The quantitative estimate of drug-likeness (QED) is 0.382. The van der Waals surface area contributed by atoms with Crippen molar-refractivity contribution in [1.29, 1.82) is 0 Å². The van der Waals surface area contributed by atoms with Crippen molar-refractivity contribution >= 4 is 8.80 Å². The van der Waals surface area contributed by atoms with E-state index >= 15 is 0 Å². The molecule has 0 spiro atoms. The van der Waals surface area contributed by atoms with Crippen LogP contribution in [-0.2, 0) is 0 Å². The Morgan fingerprint density at radius 3 is 1.12 bits per heavy atom. The van der Waals surface area contributed by atoms with Gasteiger partial charge in [-0.3, -0.25) is 8.80 Å². The topological polar surface area (TPSA) is 0 Å². The molecule has 0 aliphatic carbocycles. The fraction of sp³-hybridized carbons (Fsp3) is 1.00. The Balaban J connectivity index is 0. The summed E-state index contributed by atoms with van der Waals surface area (Å²) >= 11 is 0. The van der Waals surface area contributed by atoms with Gasteiger partial charge in [-0.25, -0.2) is 0 Å². The average Bonchev–Trinajstić information content (AvgIpc) is 1.31. The van der Waals surface area contributed by atoms with Crippen LogP contribution in [0, 0.1) is 0 Å². The molecule has 0 nitrogen and oxygen atoms in total. The van der Waals surface area contributed by atoms with Gasteiger partial charge in [0.1, 0.15) is 0 Å². The molecule has 0 aromatic rings. The van der Waals surface area contributed by atoms with E-state index in [1.165, 1.54) is 0 Å². The van der Waals surface area contributed by atoms with Gasteiger partial charge >= 0.3 is 18.9 Å². The maximum atomic E-state index is 2.35. The fourth-order valence-electron chi connectivity index (χ4n) is 0. The third kappa shape index (κ3) is 4.96. The molecule has 0 heterocycles. The van der Waals surface area contributed by atoms with Crippen LogP contribution in [0.5, 0.6) is 0 Å². The predicted octanol–water partition coefficient (Wildman–Crippen LogP) is -0.455. The molecule has 0 aliphatic rings. The van der Waals surface area contributed by atoms with Crippen LogP contribution in [0.4, 0.5) is 0 Å². The largest absolute Gasteiger partial charge is 1.00 e. The van der Waals surface area contributed by atoms with Gasteiger partial charge in [0.2, 0.25) is 0 Å². The monoisotopic (exact) mass is 122 g/mol. The first kappa shape index (κ1) is 11.6. The van der Waals surface area contributed by atoms with Crippen LogP contribution in [0.15, 0.2) is 0 Å². The standard InChI is InChI=1S/C6H15Si.Li/c1-6(2,3)7(4)5;/h1-5H3;/q-1;+1. The summed E-state index contributed by atoms with van der Waals surface area (Å²) < 4.78 is 0. The van der Waals surface area contributed by atoms with Gasteiger partial charge in [0, 0.05) is 0 Å². The Bertz CT molecular complexity index is 54.0. The molecular formula is C6H15LiSi. The van der Waals surface area contributed by atoms with E-state index in [4.69, 9.17) is 0 Å². The van der Waals surface area contributed by atoms with Gasteiger partial charge in [-0.05, 0) is 0 Å². The van der Waals surface area contributed by atoms with Gasteiger partial charge in [0.25, 0.3) is 0 Å². The van der Waals surface area contributed by atoms with Crippen molar-refractivity contribution in [2.24, 2.45) is 0 Å². The summed E-state index contributed by atoms with van der Waals surface area (Å²) in [4.78, 5) is 0. The van der Waals surface area contributed by atoms with Crippen molar-refractivity contribution in [1.82, 2.24) is 0 Å². The van der Waals surface area contributed by atoms with Crippen LogP contribution >= 0.6 is 0 Å². The van der Waals surface area contributed by atoms with E-state index in [-0.39, 0.29) is 27.7 Å². The second kappa shape index (κ2) is 3.77. The van der Waals surface area contributed by atoms with Crippen molar-refractivity contribution in [3.8, 4) is 0 Å². The van der Waals surface area contributed by atoms with E-state index < -0.39 is 0 Å². The van der Waals surface area contributed by atoms with Crippen LogP contribution < -0.4 is 18.9 Å². The van der Waals surface area contributed by atoms with E-state index in [9.17, 15) is 0 Å². The van der Waals surface area contributed by atoms with Crippen LogP contribution in [-0.4, -0.2) is 8.80 Å². The number of rotatable bonds is 0. The normalized spacial score (nSPS) is 11.2. The van der Waals surface area contributed by atoms with E-state index in [2.05, 4.69) is 33.9 Å². The van der Waals surface area contributed by atoms with E-state index in [1.807, 2.05) is 0 Å². The molecule has 0 rings (SSSR count). The summed E-state index contributed by atoms with van der Waals surface area (Å²) in [6, 6.07) is 0. The molecule has 0 N–H and O–H groups in total. The summed E-state index contributed by atoms with van der Waals surface area (Å²) in [6.45, 7) is 11.6.